The quantitative estimate of drug-likeness (QED) is 0.481. The molecule has 0 aliphatic rings. The van der Waals surface area contributed by atoms with Crippen molar-refractivity contribution in [2.45, 2.75) is 30.7 Å². The lowest BCUT2D eigenvalue weighted by atomic mass is 10.0. The van der Waals surface area contributed by atoms with Crippen LogP contribution in [0.1, 0.15) is 31.0 Å². The van der Waals surface area contributed by atoms with Gasteiger partial charge >= 0.3 is 0 Å². The summed E-state index contributed by atoms with van der Waals surface area (Å²) in [5.74, 6) is 1.03. The Bertz CT molecular complexity index is 1110. The van der Waals surface area contributed by atoms with Crippen molar-refractivity contribution in [1.29, 1.82) is 0 Å². The molecule has 3 heterocycles. The van der Waals surface area contributed by atoms with Crippen LogP contribution in [-0.2, 0) is 5.75 Å². The molecular weight excluding hydrogens is 364 g/mol. The highest BCUT2D eigenvalue weighted by atomic mass is 32.2. The third-order valence-corrected chi connectivity index (χ3v) is 5.89. The number of para-hydroxylation sites is 1. The Balaban J connectivity index is 1.63. The SMILES string of the molecule is CC(C)c1ccccc1-n1ccnc1SCc1cc(=O)n2ccsc2n1. The smallest absolute Gasteiger partial charge is 0.258 e. The molecule has 26 heavy (non-hydrogen) atoms. The summed E-state index contributed by atoms with van der Waals surface area (Å²) in [5.41, 5.74) is 3.16. The molecule has 0 aliphatic heterocycles. The molecule has 5 nitrogen and oxygen atoms in total. The van der Waals surface area contributed by atoms with Crippen molar-refractivity contribution >= 4 is 28.1 Å². The number of hydrogen-bond donors (Lipinski definition) is 0. The van der Waals surface area contributed by atoms with Crippen LogP contribution < -0.4 is 5.56 Å². The van der Waals surface area contributed by atoms with Gasteiger partial charge in [-0.3, -0.25) is 13.8 Å². The van der Waals surface area contributed by atoms with Crippen molar-refractivity contribution in [3.05, 3.63) is 75.9 Å². The number of thioether (sulfide) groups is 1. The minimum absolute atomic E-state index is 0.0413. The monoisotopic (exact) mass is 382 g/mol. The van der Waals surface area contributed by atoms with Crippen molar-refractivity contribution in [2.24, 2.45) is 0 Å². The van der Waals surface area contributed by atoms with Gasteiger partial charge in [0, 0.05) is 35.8 Å². The molecular formula is C19H18N4OS2. The van der Waals surface area contributed by atoms with Crippen LogP contribution in [0.2, 0.25) is 0 Å². The van der Waals surface area contributed by atoms with E-state index in [1.165, 1.54) is 16.9 Å². The number of imidazole rings is 1. The molecule has 3 aromatic heterocycles. The topological polar surface area (TPSA) is 52.2 Å². The molecule has 0 fully saturated rings. The Morgan fingerprint density at radius 3 is 2.92 bits per heavy atom. The summed E-state index contributed by atoms with van der Waals surface area (Å²) in [6.07, 6.45) is 5.54. The first-order valence-corrected chi connectivity index (χ1v) is 10.2. The van der Waals surface area contributed by atoms with E-state index in [1.807, 2.05) is 23.8 Å². The zero-order valence-electron chi connectivity index (χ0n) is 14.5. The molecule has 7 heteroatoms. The first kappa shape index (κ1) is 17.1. The van der Waals surface area contributed by atoms with Crippen molar-refractivity contribution < 1.29 is 0 Å². The lowest BCUT2D eigenvalue weighted by Gasteiger charge is -2.15. The molecule has 0 bridgehead atoms. The van der Waals surface area contributed by atoms with Gasteiger partial charge in [-0.2, -0.15) is 0 Å². The highest BCUT2D eigenvalue weighted by molar-refractivity contribution is 7.98. The van der Waals surface area contributed by atoms with Gasteiger partial charge in [0.15, 0.2) is 10.1 Å². The maximum Gasteiger partial charge on any atom is 0.258 e. The fraction of sp³-hybridized carbons (Fsp3) is 0.211. The zero-order valence-corrected chi connectivity index (χ0v) is 16.1. The normalized spacial score (nSPS) is 11.5. The molecule has 0 radical (unpaired) electrons. The van der Waals surface area contributed by atoms with Gasteiger partial charge in [-0.05, 0) is 17.5 Å². The summed E-state index contributed by atoms with van der Waals surface area (Å²) >= 11 is 3.05. The Hall–Kier alpha value is -2.38. The van der Waals surface area contributed by atoms with Crippen LogP contribution in [0.5, 0.6) is 0 Å². The van der Waals surface area contributed by atoms with Crippen LogP contribution in [0.15, 0.2) is 64.3 Å². The molecule has 0 saturated carbocycles. The van der Waals surface area contributed by atoms with E-state index < -0.39 is 0 Å². The highest BCUT2D eigenvalue weighted by Gasteiger charge is 2.12. The highest BCUT2D eigenvalue weighted by Crippen LogP contribution is 2.28. The fourth-order valence-electron chi connectivity index (χ4n) is 2.88. The van der Waals surface area contributed by atoms with Crippen LogP contribution in [0, 0.1) is 0 Å². The third-order valence-electron chi connectivity index (χ3n) is 4.13. The number of thiazole rings is 1. The second kappa shape index (κ2) is 7.09. The first-order chi connectivity index (χ1) is 12.6. The fourth-order valence-corrected chi connectivity index (χ4v) is 4.47. The maximum absolute atomic E-state index is 12.1. The summed E-state index contributed by atoms with van der Waals surface area (Å²) in [6.45, 7) is 4.38. The number of benzene rings is 1. The van der Waals surface area contributed by atoms with Gasteiger partial charge in [0.2, 0.25) is 0 Å². The number of hydrogen-bond acceptors (Lipinski definition) is 5. The summed E-state index contributed by atoms with van der Waals surface area (Å²) in [7, 11) is 0. The molecule has 132 valence electrons. The van der Waals surface area contributed by atoms with Crippen LogP contribution in [0.4, 0.5) is 0 Å². The number of fused-ring (bicyclic) bond motifs is 1. The predicted octanol–water partition coefficient (Wildman–Crippen LogP) is 4.36. The lowest BCUT2D eigenvalue weighted by molar-refractivity contribution is 0.817. The molecule has 0 unspecified atom stereocenters. The van der Waals surface area contributed by atoms with E-state index >= 15 is 0 Å². The van der Waals surface area contributed by atoms with Gasteiger partial charge < -0.3 is 0 Å². The second-order valence-electron chi connectivity index (χ2n) is 6.22. The Morgan fingerprint density at radius 2 is 2.08 bits per heavy atom. The lowest BCUT2D eigenvalue weighted by Crippen LogP contribution is -2.12. The number of aromatic nitrogens is 4. The number of rotatable bonds is 5. The van der Waals surface area contributed by atoms with Crippen LogP contribution in [-0.4, -0.2) is 18.9 Å². The van der Waals surface area contributed by atoms with Gasteiger partial charge in [0.1, 0.15) is 0 Å². The van der Waals surface area contributed by atoms with Crippen molar-refractivity contribution in [2.75, 3.05) is 0 Å². The van der Waals surface area contributed by atoms with Crippen LogP contribution in [0.3, 0.4) is 0 Å². The minimum atomic E-state index is -0.0413. The molecule has 4 rings (SSSR count). The van der Waals surface area contributed by atoms with E-state index in [-0.39, 0.29) is 5.56 Å². The molecule has 0 atom stereocenters. The van der Waals surface area contributed by atoms with E-state index in [2.05, 4.69) is 46.6 Å². The van der Waals surface area contributed by atoms with Gasteiger partial charge in [0.05, 0.1) is 11.4 Å². The van der Waals surface area contributed by atoms with Crippen molar-refractivity contribution in [3.8, 4) is 5.69 Å². The van der Waals surface area contributed by atoms with Crippen molar-refractivity contribution in [1.82, 2.24) is 18.9 Å². The van der Waals surface area contributed by atoms with E-state index in [9.17, 15) is 4.79 Å². The molecule has 0 N–H and O–H groups in total. The zero-order chi connectivity index (χ0) is 18.1. The minimum Gasteiger partial charge on any atom is -0.295 e. The summed E-state index contributed by atoms with van der Waals surface area (Å²) in [4.78, 5) is 21.9. The average molecular weight is 383 g/mol. The van der Waals surface area contributed by atoms with Gasteiger partial charge in [-0.25, -0.2) is 9.97 Å². The summed E-state index contributed by atoms with van der Waals surface area (Å²) in [5, 5.41) is 2.77. The standard InChI is InChI=1S/C19H18N4OS2/c1-13(2)15-5-3-4-6-16(15)22-8-7-20-18(22)26-12-14-11-17(24)23-9-10-25-19(23)21-14/h3-11,13H,12H2,1-2H3. The molecule has 0 spiro atoms. The first-order valence-electron chi connectivity index (χ1n) is 8.34. The largest absolute Gasteiger partial charge is 0.295 e. The van der Waals surface area contributed by atoms with Gasteiger partial charge in [-0.15, -0.1) is 11.3 Å². The van der Waals surface area contributed by atoms with Gasteiger partial charge in [0.25, 0.3) is 5.56 Å². The third kappa shape index (κ3) is 3.20. The average Bonchev–Trinajstić information content (AvgIpc) is 3.29. The Labute approximate surface area is 159 Å². The molecule has 4 aromatic rings. The van der Waals surface area contributed by atoms with Gasteiger partial charge in [-0.1, -0.05) is 43.8 Å². The van der Waals surface area contributed by atoms with E-state index in [4.69, 9.17) is 0 Å². The van der Waals surface area contributed by atoms with Crippen molar-refractivity contribution in [3.63, 3.8) is 0 Å². The van der Waals surface area contributed by atoms with E-state index in [0.29, 0.717) is 11.7 Å². The molecule has 0 amide bonds. The van der Waals surface area contributed by atoms with E-state index in [1.54, 1.807) is 28.4 Å². The molecule has 1 aromatic carbocycles. The molecule has 0 saturated heterocycles. The van der Waals surface area contributed by atoms with E-state index in [0.717, 1.165) is 21.5 Å². The summed E-state index contributed by atoms with van der Waals surface area (Å²) in [6, 6.07) is 9.98. The summed E-state index contributed by atoms with van der Waals surface area (Å²) < 4.78 is 3.68. The maximum atomic E-state index is 12.1. The van der Waals surface area contributed by atoms with Crippen LogP contribution in [0.25, 0.3) is 10.6 Å². The second-order valence-corrected chi connectivity index (χ2v) is 8.04. The Morgan fingerprint density at radius 1 is 1.23 bits per heavy atom. The molecule has 0 aliphatic carbocycles. The van der Waals surface area contributed by atoms with Crippen LogP contribution >= 0.6 is 23.1 Å². The number of nitrogens with zero attached hydrogens (tertiary/aromatic N) is 4. The predicted molar refractivity (Wildman–Crippen MR) is 107 cm³/mol. The Kier molecular flexibility index (Phi) is 4.65.